The van der Waals surface area contributed by atoms with Crippen LogP contribution in [-0.2, 0) is 11.3 Å². The Hall–Kier alpha value is -1.03. The molecule has 1 N–H and O–H groups in total. The molecule has 0 saturated heterocycles. The second-order valence-corrected chi connectivity index (χ2v) is 2.62. The minimum Gasteiger partial charge on any atom is -0.355 e. The van der Waals surface area contributed by atoms with Crippen molar-refractivity contribution in [3.8, 4) is 0 Å². The van der Waals surface area contributed by atoms with Gasteiger partial charge in [-0.15, -0.1) is 0 Å². The molecule has 0 aliphatic heterocycles. The maximum atomic E-state index is 11.0. The second kappa shape index (κ2) is 4.11. The van der Waals surface area contributed by atoms with E-state index in [0.717, 1.165) is 0 Å². The van der Waals surface area contributed by atoms with E-state index in [-0.39, 0.29) is 12.5 Å². The molecular weight excluding hydrogens is 178 g/mol. The van der Waals surface area contributed by atoms with E-state index < -0.39 is 0 Å². The molecule has 1 aromatic heterocycles. The first-order valence-electron chi connectivity index (χ1n) is 3.67. The largest absolute Gasteiger partial charge is 0.355 e. The smallest absolute Gasteiger partial charge is 0.240 e. The molecule has 12 heavy (non-hydrogen) atoms. The first-order valence-corrected chi connectivity index (χ1v) is 4.05. The summed E-state index contributed by atoms with van der Waals surface area (Å²) in [4.78, 5) is 14.8. The molecule has 5 heteroatoms. The van der Waals surface area contributed by atoms with Crippen molar-refractivity contribution < 1.29 is 4.79 Å². The number of nitrogens with one attached hydrogen (secondary N) is 1. The van der Waals surface area contributed by atoms with Gasteiger partial charge in [0.2, 0.25) is 11.2 Å². The van der Waals surface area contributed by atoms with Crippen LogP contribution in [0.2, 0.25) is 5.28 Å². The number of rotatable bonds is 3. The van der Waals surface area contributed by atoms with Crippen LogP contribution >= 0.6 is 11.6 Å². The van der Waals surface area contributed by atoms with Crippen LogP contribution in [0.15, 0.2) is 12.4 Å². The summed E-state index contributed by atoms with van der Waals surface area (Å²) in [5.41, 5.74) is 0. The lowest BCUT2D eigenvalue weighted by Gasteiger charge is -2.02. The number of hydrogen-bond acceptors (Lipinski definition) is 2. The minimum atomic E-state index is -0.0580. The molecule has 1 amide bonds. The van der Waals surface area contributed by atoms with Gasteiger partial charge < -0.3 is 9.88 Å². The third-order valence-corrected chi connectivity index (χ3v) is 1.67. The highest BCUT2D eigenvalue weighted by atomic mass is 35.5. The molecule has 0 atom stereocenters. The van der Waals surface area contributed by atoms with Crippen molar-refractivity contribution in [2.45, 2.75) is 13.5 Å². The molecule has 66 valence electrons. The predicted octanol–water partition coefficient (Wildman–Crippen LogP) is 0.673. The van der Waals surface area contributed by atoms with Gasteiger partial charge in [-0.05, 0) is 18.5 Å². The maximum Gasteiger partial charge on any atom is 0.240 e. The maximum absolute atomic E-state index is 11.0. The Balaban J connectivity index is 2.52. The Morgan fingerprint density at radius 1 is 1.83 bits per heavy atom. The molecule has 0 spiro atoms. The van der Waals surface area contributed by atoms with Crippen molar-refractivity contribution >= 4 is 17.5 Å². The fraction of sp³-hybridized carbons (Fsp3) is 0.429. The molecule has 0 saturated carbocycles. The average molecular weight is 188 g/mol. The predicted molar refractivity (Wildman–Crippen MR) is 45.9 cm³/mol. The van der Waals surface area contributed by atoms with Crippen LogP contribution in [0, 0.1) is 0 Å². The monoisotopic (exact) mass is 187 g/mol. The van der Waals surface area contributed by atoms with Gasteiger partial charge in [-0.3, -0.25) is 4.79 Å². The van der Waals surface area contributed by atoms with Crippen LogP contribution in [0.3, 0.4) is 0 Å². The zero-order chi connectivity index (χ0) is 8.97. The van der Waals surface area contributed by atoms with E-state index in [1.165, 1.54) is 0 Å². The van der Waals surface area contributed by atoms with Gasteiger partial charge in [0.05, 0.1) is 0 Å². The Morgan fingerprint density at radius 3 is 3.08 bits per heavy atom. The highest BCUT2D eigenvalue weighted by molar-refractivity contribution is 6.28. The van der Waals surface area contributed by atoms with Crippen LogP contribution in [0.25, 0.3) is 0 Å². The minimum absolute atomic E-state index is 0.0580. The van der Waals surface area contributed by atoms with Crippen molar-refractivity contribution in [1.29, 1.82) is 0 Å². The lowest BCUT2D eigenvalue weighted by Crippen LogP contribution is -2.26. The van der Waals surface area contributed by atoms with Crippen molar-refractivity contribution in [3.63, 3.8) is 0 Å². The van der Waals surface area contributed by atoms with Crippen LogP contribution in [0.5, 0.6) is 0 Å². The van der Waals surface area contributed by atoms with Crippen molar-refractivity contribution in [2.24, 2.45) is 0 Å². The molecule has 4 nitrogen and oxygen atoms in total. The van der Waals surface area contributed by atoms with Crippen molar-refractivity contribution in [1.82, 2.24) is 14.9 Å². The van der Waals surface area contributed by atoms with Gasteiger partial charge in [0.1, 0.15) is 6.54 Å². The third kappa shape index (κ3) is 2.23. The summed E-state index contributed by atoms with van der Waals surface area (Å²) in [6, 6.07) is 0. The quantitative estimate of drug-likeness (QED) is 0.756. The zero-order valence-corrected chi connectivity index (χ0v) is 7.51. The van der Waals surface area contributed by atoms with Crippen LogP contribution < -0.4 is 5.32 Å². The number of hydrogen-bond donors (Lipinski definition) is 1. The zero-order valence-electron chi connectivity index (χ0n) is 6.75. The summed E-state index contributed by atoms with van der Waals surface area (Å²) in [5.74, 6) is -0.0580. The van der Waals surface area contributed by atoms with E-state index in [4.69, 9.17) is 11.6 Å². The Bertz CT molecular complexity index is 271. The summed E-state index contributed by atoms with van der Waals surface area (Å²) >= 11 is 5.66. The van der Waals surface area contributed by atoms with Crippen LogP contribution in [0.1, 0.15) is 6.92 Å². The Kier molecular flexibility index (Phi) is 3.10. The number of carbonyl (C=O) groups excluding carboxylic acids is 1. The molecule has 0 fully saturated rings. The number of halogens is 1. The second-order valence-electron chi connectivity index (χ2n) is 2.28. The lowest BCUT2D eigenvalue weighted by molar-refractivity contribution is -0.121. The van der Waals surface area contributed by atoms with Crippen molar-refractivity contribution in [3.05, 3.63) is 17.7 Å². The van der Waals surface area contributed by atoms with Crippen LogP contribution in [-0.4, -0.2) is 22.0 Å². The van der Waals surface area contributed by atoms with Crippen LogP contribution in [0.4, 0.5) is 0 Å². The summed E-state index contributed by atoms with van der Waals surface area (Å²) < 4.78 is 1.58. The number of carbonyl (C=O) groups is 1. The topological polar surface area (TPSA) is 46.9 Å². The molecule has 0 radical (unpaired) electrons. The molecule has 0 aliphatic rings. The number of likely N-dealkylation sites (N-methyl/N-ethyl adjacent to an activating group) is 1. The summed E-state index contributed by atoms with van der Waals surface area (Å²) in [6.07, 6.45) is 3.22. The molecule has 1 rings (SSSR count). The number of amides is 1. The van der Waals surface area contributed by atoms with Gasteiger partial charge in [-0.1, -0.05) is 0 Å². The van der Waals surface area contributed by atoms with Crippen molar-refractivity contribution in [2.75, 3.05) is 6.54 Å². The molecule has 0 unspecified atom stereocenters. The summed E-state index contributed by atoms with van der Waals surface area (Å²) in [5, 5.41) is 3.00. The first kappa shape index (κ1) is 9.06. The standard InChI is InChI=1S/C7H10ClN3O/c1-2-9-6(12)5-11-4-3-10-7(11)8/h3-4H,2,5H2,1H3,(H,9,12). The normalized spacial score (nSPS) is 9.83. The molecule has 0 aromatic carbocycles. The Morgan fingerprint density at radius 2 is 2.58 bits per heavy atom. The van der Waals surface area contributed by atoms with E-state index in [9.17, 15) is 4.79 Å². The number of imidazole rings is 1. The van der Waals surface area contributed by atoms with Gasteiger partial charge in [0.25, 0.3) is 0 Å². The van der Waals surface area contributed by atoms with E-state index in [1.807, 2.05) is 6.92 Å². The highest BCUT2D eigenvalue weighted by Crippen LogP contribution is 2.03. The third-order valence-electron chi connectivity index (χ3n) is 1.35. The van der Waals surface area contributed by atoms with E-state index >= 15 is 0 Å². The molecule has 0 aliphatic carbocycles. The summed E-state index contributed by atoms with van der Waals surface area (Å²) in [6.45, 7) is 2.73. The van der Waals surface area contributed by atoms with Gasteiger partial charge in [0, 0.05) is 18.9 Å². The van der Waals surface area contributed by atoms with E-state index in [1.54, 1.807) is 17.0 Å². The molecule has 1 heterocycles. The van der Waals surface area contributed by atoms with E-state index in [0.29, 0.717) is 11.8 Å². The molecule has 1 aromatic rings. The fourth-order valence-electron chi connectivity index (χ4n) is 0.837. The number of nitrogens with zero attached hydrogens (tertiary/aromatic N) is 2. The molecule has 0 bridgehead atoms. The highest BCUT2D eigenvalue weighted by Gasteiger charge is 2.03. The summed E-state index contributed by atoms with van der Waals surface area (Å²) in [7, 11) is 0. The first-order chi connectivity index (χ1) is 5.74. The lowest BCUT2D eigenvalue weighted by atomic mass is 10.5. The molecular formula is C7H10ClN3O. The number of aromatic nitrogens is 2. The Labute approximate surface area is 75.5 Å². The van der Waals surface area contributed by atoms with Gasteiger partial charge in [-0.25, -0.2) is 4.98 Å². The average Bonchev–Trinajstić information content (AvgIpc) is 2.37. The SMILES string of the molecule is CCNC(=O)Cn1ccnc1Cl. The van der Waals surface area contributed by atoms with Gasteiger partial charge in [-0.2, -0.15) is 0 Å². The fourth-order valence-corrected chi connectivity index (χ4v) is 1.01. The van der Waals surface area contributed by atoms with E-state index in [2.05, 4.69) is 10.3 Å². The van der Waals surface area contributed by atoms with Gasteiger partial charge >= 0.3 is 0 Å². The van der Waals surface area contributed by atoms with Gasteiger partial charge in [0.15, 0.2) is 0 Å².